The highest BCUT2D eigenvalue weighted by molar-refractivity contribution is 6.37. The minimum absolute atomic E-state index is 0.0106. The third-order valence-corrected chi connectivity index (χ3v) is 3.51. The summed E-state index contributed by atoms with van der Waals surface area (Å²) in [6.45, 7) is -0.473. The molecule has 0 amide bonds. The van der Waals surface area contributed by atoms with Crippen LogP contribution in [0.15, 0.2) is 42.5 Å². The largest absolute Gasteiger partial charge is 0.487 e. The van der Waals surface area contributed by atoms with E-state index in [4.69, 9.17) is 37.4 Å². The maximum atomic E-state index is 11.6. The van der Waals surface area contributed by atoms with Crippen LogP contribution in [0.3, 0.4) is 0 Å². The van der Waals surface area contributed by atoms with Crippen LogP contribution in [0.5, 0.6) is 11.5 Å². The van der Waals surface area contributed by atoms with Crippen LogP contribution in [0.2, 0.25) is 10.0 Å². The van der Waals surface area contributed by atoms with Crippen LogP contribution in [0.25, 0.3) is 0 Å². The summed E-state index contributed by atoms with van der Waals surface area (Å²) in [5, 5.41) is 11.5. The minimum atomic E-state index is -0.688. The molecule has 0 spiro atoms. The van der Waals surface area contributed by atoms with E-state index >= 15 is 0 Å². The van der Waals surface area contributed by atoms with Crippen molar-refractivity contribution < 1.29 is 23.9 Å². The highest BCUT2D eigenvalue weighted by Gasteiger charge is 2.15. The zero-order valence-corrected chi connectivity index (χ0v) is 14.3. The Morgan fingerprint density at radius 3 is 2.36 bits per heavy atom. The molecule has 0 N–H and O–H groups in total. The molecule has 0 atom stereocenters. The second-order valence-corrected chi connectivity index (χ2v) is 5.45. The van der Waals surface area contributed by atoms with Gasteiger partial charge in [-0.15, -0.1) is 0 Å². The number of nitrogens with zero attached hydrogens (tertiary/aromatic N) is 1. The van der Waals surface area contributed by atoms with Gasteiger partial charge < -0.3 is 14.2 Å². The van der Waals surface area contributed by atoms with Gasteiger partial charge in [0.25, 0.3) is 0 Å². The first-order valence-electron chi connectivity index (χ1n) is 7.07. The van der Waals surface area contributed by atoms with Crippen molar-refractivity contribution in [3.63, 3.8) is 0 Å². The van der Waals surface area contributed by atoms with Gasteiger partial charge in [-0.2, -0.15) is 0 Å². The lowest BCUT2D eigenvalue weighted by Crippen LogP contribution is -2.18. The van der Waals surface area contributed by atoms with Crippen molar-refractivity contribution in [3.8, 4) is 11.5 Å². The van der Waals surface area contributed by atoms with Crippen molar-refractivity contribution >= 4 is 34.9 Å². The molecule has 0 radical (unpaired) electrons. The van der Waals surface area contributed by atoms with Crippen molar-refractivity contribution in [1.29, 1.82) is 0 Å². The third kappa shape index (κ3) is 5.51. The SMILES string of the molecule is O=C(COc1ccccc1[N+](=O)[O-])OCCOc1c(Cl)cccc1Cl. The average molecular weight is 386 g/mol. The Morgan fingerprint density at radius 1 is 1.00 bits per heavy atom. The van der Waals surface area contributed by atoms with Gasteiger partial charge in [0.2, 0.25) is 0 Å². The maximum absolute atomic E-state index is 11.6. The number of carbonyl (C=O) groups is 1. The fourth-order valence-corrected chi connectivity index (χ4v) is 2.33. The molecular formula is C16H13Cl2NO6. The van der Waals surface area contributed by atoms with Crippen LogP contribution in [-0.4, -0.2) is 30.7 Å². The van der Waals surface area contributed by atoms with Crippen molar-refractivity contribution in [2.75, 3.05) is 19.8 Å². The second kappa shape index (κ2) is 9.10. The number of ether oxygens (including phenoxy) is 3. The van der Waals surface area contributed by atoms with E-state index in [1.54, 1.807) is 24.3 Å². The summed E-state index contributed by atoms with van der Waals surface area (Å²) in [5.74, 6) is -0.395. The van der Waals surface area contributed by atoms with E-state index in [9.17, 15) is 14.9 Å². The Bertz CT molecular complexity index is 748. The first-order valence-corrected chi connectivity index (χ1v) is 7.83. The summed E-state index contributed by atoms with van der Waals surface area (Å²) in [6, 6.07) is 10.7. The second-order valence-electron chi connectivity index (χ2n) is 4.63. The van der Waals surface area contributed by atoms with E-state index in [1.807, 2.05) is 0 Å². The summed E-state index contributed by atoms with van der Waals surface area (Å²) in [5.41, 5.74) is -0.230. The van der Waals surface area contributed by atoms with Gasteiger partial charge in [-0.1, -0.05) is 41.4 Å². The van der Waals surface area contributed by atoms with Gasteiger partial charge in [0, 0.05) is 6.07 Å². The van der Waals surface area contributed by atoms with E-state index in [0.717, 1.165) is 0 Å². The first kappa shape index (κ1) is 18.8. The van der Waals surface area contributed by atoms with Gasteiger partial charge in [0.15, 0.2) is 18.1 Å². The number of hydrogen-bond donors (Lipinski definition) is 0. The van der Waals surface area contributed by atoms with Crippen LogP contribution in [0, 0.1) is 10.1 Å². The highest BCUT2D eigenvalue weighted by atomic mass is 35.5. The normalized spacial score (nSPS) is 10.2. The number of carbonyl (C=O) groups excluding carboxylic acids is 1. The van der Waals surface area contributed by atoms with Gasteiger partial charge >= 0.3 is 11.7 Å². The molecule has 0 aliphatic rings. The van der Waals surface area contributed by atoms with E-state index in [-0.39, 0.29) is 24.7 Å². The molecule has 0 aliphatic carbocycles. The van der Waals surface area contributed by atoms with E-state index < -0.39 is 17.5 Å². The molecule has 0 heterocycles. The molecule has 25 heavy (non-hydrogen) atoms. The number of halogens is 2. The fraction of sp³-hybridized carbons (Fsp3) is 0.188. The number of nitro groups is 1. The molecule has 0 saturated carbocycles. The van der Waals surface area contributed by atoms with Gasteiger partial charge in [0.05, 0.1) is 15.0 Å². The Hall–Kier alpha value is -2.51. The van der Waals surface area contributed by atoms with Gasteiger partial charge in [-0.05, 0) is 18.2 Å². The summed E-state index contributed by atoms with van der Waals surface area (Å²) < 4.78 is 15.4. The zero-order valence-electron chi connectivity index (χ0n) is 12.8. The predicted molar refractivity (Wildman–Crippen MR) is 91.5 cm³/mol. The molecule has 0 unspecified atom stereocenters. The summed E-state index contributed by atoms with van der Waals surface area (Å²) in [7, 11) is 0. The maximum Gasteiger partial charge on any atom is 0.344 e. The van der Waals surface area contributed by atoms with E-state index in [2.05, 4.69) is 0 Å². The fourth-order valence-electron chi connectivity index (χ4n) is 1.83. The molecule has 0 aliphatic heterocycles. The number of nitro benzene ring substituents is 1. The monoisotopic (exact) mass is 385 g/mol. The van der Waals surface area contributed by atoms with Crippen molar-refractivity contribution in [2.45, 2.75) is 0 Å². The number of rotatable bonds is 8. The van der Waals surface area contributed by atoms with Crippen molar-refractivity contribution in [3.05, 3.63) is 62.6 Å². The Balaban J connectivity index is 1.76. The van der Waals surface area contributed by atoms with Crippen molar-refractivity contribution in [1.82, 2.24) is 0 Å². The molecule has 0 aromatic heterocycles. The van der Waals surface area contributed by atoms with Gasteiger partial charge in [-0.3, -0.25) is 10.1 Å². The third-order valence-electron chi connectivity index (χ3n) is 2.92. The Morgan fingerprint density at radius 2 is 1.68 bits per heavy atom. The number of hydrogen-bond acceptors (Lipinski definition) is 6. The molecule has 0 bridgehead atoms. The average Bonchev–Trinajstić information content (AvgIpc) is 2.59. The Kier molecular flexibility index (Phi) is 6.85. The first-order chi connectivity index (χ1) is 12.0. The molecule has 2 aromatic rings. The van der Waals surface area contributed by atoms with E-state index in [1.165, 1.54) is 18.2 Å². The lowest BCUT2D eigenvalue weighted by atomic mass is 10.3. The van der Waals surface area contributed by atoms with Crippen molar-refractivity contribution in [2.24, 2.45) is 0 Å². The van der Waals surface area contributed by atoms with Crippen LogP contribution < -0.4 is 9.47 Å². The van der Waals surface area contributed by atoms with Gasteiger partial charge in [0.1, 0.15) is 13.2 Å². The van der Waals surface area contributed by atoms with E-state index in [0.29, 0.717) is 15.8 Å². The predicted octanol–water partition coefficient (Wildman–Crippen LogP) is 3.90. The molecular weight excluding hydrogens is 373 g/mol. The zero-order chi connectivity index (χ0) is 18.2. The number of para-hydroxylation sites is 3. The topological polar surface area (TPSA) is 87.9 Å². The molecule has 9 heteroatoms. The van der Waals surface area contributed by atoms with Crippen LogP contribution in [0.4, 0.5) is 5.69 Å². The standard InChI is InChI=1S/C16H13Cl2NO6/c17-11-4-3-5-12(18)16(11)24-9-8-23-15(20)10-25-14-7-2-1-6-13(14)19(21)22/h1-7H,8-10H2. The van der Waals surface area contributed by atoms with Crippen LogP contribution >= 0.6 is 23.2 Å². The summed E-state index contributed by atoms with van der Waals surface area (Å²) >= 11 is 11.9. The molecule has 0 fully saturated rings. The summed E-state index contributed by atoms with van der Waals surface area (Å²) in [6.07, 6.45) is 0. The molecule has 132 valence electrons. The minimum Gasteiger partial charge on any atom is -0.487 e. The highest BCUT2D eigenvalue weighted by Crippen LogP contribution is 2.32. The van der Waals surface area contributed by atoms with Gasteiger partial charge in [-0.25, -0.2) is 4.79 Å². The summed E-state index contributed by atoms with van der Waals surface area (Å²) in [4.78, 5) is 21.9. The lowest BCUT2D eigenvalue weighted by molar-refractivity contribution is -0.385. The number of benzene rings is 2. The molecule has 0 saturated heterocycles. The Labute approximate surface area is 153 Å². The van der Waals surface area contributed by atoms with Crippen LogP contribution in [0.1, 0.15) is 0 Å². The molecule has 2 aromatic carbocycles. The molecule has 7 nitrogen and oxygen atoms in total. The smallest absolute Gasteiger partial charge is 0.344 e. The quantitative estimate of drug-likeness (QED) is 0.296. The molecule has 2 rings (SSSR count). The lowest BCUT2D eigenvalue weighted by Gasteiger charge is -2.10. The van der Waals surface area contributed by atoms with Crippen LogP contribution in [-0.2, 0) is 9.53 Å². The number of esters is 1.